The minimum Gasteiger partial charge on any atom is -0.497 e. The van der Waals surface area contributed by atoms with Crippen LogP contribution in [-0.2, 0) is 24.9 Å². The third-order valence-electron chi connectivity index (χ3n) is 4.67. The van der Waals surface area contributed by atoms with Gasteiger partial charge in [0.1, 0.15) is 18.0 Å². The number of rotatable bonds is 6. The number of para-hydroxylation sites is 2. The van der Waals surface area contributed by atoms with Crippen LogP contribution in [0.1, 0.15) is 5.56 Å². The summed E-state index contributed by atoms with van der Waals surface area (Å²) in [6.07, 6.45) is 0. The third kappa shape index (κ3) is 3.53. The monoisotopic (exact) mass is 369 g/mol. The molecule has 7 nitrogen and oxygen atoms in total. The first-order valence-corrected chi connectivity index (χ1v) is 8.55. The highest BCUT2D eigenvalue weighted by atomic mass is 16.5. The molecule has 1 aromatic heterocycles. The lowest BCUT2D eigenvalue weighted by molar-refractivity contribution is -0.131. The van der Waals surface area contributed by atoms with Crippen molar-refractivity contribution in [2.24, 2.45) is 7.05 Å². The van der Waals surface area contributed by atoms with E-state index >= 15 is 0 Å². The number of likely N-dealkylation sites (N-methyl/N-ethyl adjacent to an activating group) is 1. The Hall–Kier alpha value is -3.22. The maximum atomic E-state index is 12.7. The molecule has 0 aliphatic rings. The molecule has 0 aliphatic carbocycles. The average molecular weight is 369 g/mol. The summed E-state index contributed by atoms with van der Waals surface area (Å²) in [5.41, 5.74) is 2.20. The predicted octanol–water partition coefficient (Wildman–Crippen LogP) is 2.02. The number of hydrogen-bond acceptors (Lipinski definition) is 4. The summed E-state index contributed by atoms with van der Waals surface area (Å²) in [6.45, 7) is 0.348. The van der Waals surface area contributed by atoms with E-state index in [1.165, 1.54) is 4.57 Å². The second kappa shape index (κ2) is 7.57. The summed E-state index contributed by atoms with van der Waals surface area (Å²) in [7, 11) is 6.58. The fourth-order valence-corrected chi connectivity index (χ4v) is 3.10. The molecule has 3 aromatic rings. The van der Waals surface area contributed by atoms with E-state index in [-0.39, 0.29) is 18.1 Å². The number of carbonyl (C=O) groups is 1. The highest BCUT2D eigenvalue weighted by Gasteiger charge is 2.17. The molecule has 0 N–H and O–H groups in total. The van der Waals surface area contributed by atoms with Gasteiger partial charge in [-0.05, 0) is 24.3 Å². The van der Waals surface area contributed by atoms with Crippen molar-refractivity contribution in [1.82, 2.24) is 14.0 Å². The van der Waals surface area contributed by atoms with Crippen molar-refractivity contribution in [3.8, 4) is 11.5 Å². The molecule has 142 valence electrons. The van der Waals surface area contributed by atoms with Crippen LogP contribution in [0.4, 0.5) is 0 Å². The number of imidazole rings is 1. The lowest BCUT2D eigenvalue weighted by atomic mass is 10.1. The Balaban J connectivity index is 1.82. The molecular formula is C20H23N3O4. The second-order valence-corrected chi connectivity index (χ2v) is 6.34. The van der Waals surface area contributed by atoms with Crippen molar-refractivity contribution in [1.29, 1.82) is 0 Å². The van der Waals surface area contributed by atoms with E-state index in [4.69, 9.17) is 9.47 Å². The van der Waals surface area contributed by atoms with Crippen LogP contribution in [0.5, 0.6) is 11.5 Å². The summed E-state index contributed by atoms with van der Waals surface area (Å²) in [5.74, 6) is 1.18. The molecule has 0 bridgehead atoms. The van der Waals surface area contributed by atoms with Gasteiger partial charge in [0.2, 0.25) is 5.91 Å². The summed E-state index contributed by atoms with van der Waals surface area (Å²) < 4.78 is 13.6. The van der Waals surface area contributed by atoms with Gasteiger partial charge in [-0.25, -0.2) is 4.79 Å². The Bertz CT molecular complexity index is 1040. The molecule has 0 radical (unpaired) electrons. The molecule has 1 amide bonds. The van der Waals surface area contributed by atoms with Crippen molar-refractivity contribution in [3.63, 3.8) is 0 Å². The number of carbonyl (C=O) groups excluding carboxylic acids is 1. The van der Waals surface area contributed by atoms with Crippen LogP contribution in [0.2, 0.25) is 0 Å². The van der Waals surface area contributed by atoms with Gasteiger partial charge in [0.15, 0.2) is 0 Å². The van der Waals surface area contributed by atoms with Crippen LogP contribution in [-0.4, -0.2) is 41.2 Å². The number of ether oxygens (including phenoxy) is 2. The number of nitrogens with zero attached hydrogens (tertiary/aromatic N) is 3. The van der Waals surface area contributed by atoms with Gasteiger partial charge in [-0.1, -0.05) is 12.1 Å². The van der Waals surface area contributed by atoms with Crippen LogP contribution in [0.25, 0.3) is 11.0 Å². The smallest absolute Gasteiger partial charge is 0.329 e. The lowest BCUT2D eigenvalue weighted by Crippen LogP contribution is -2.33. The second-order valence-electron chi connectivity index (χ2n) is 6.34. The van der Waals surface area contributed by atoms with Gasteiger partial charge in [-0.15, -0.1) is 0 Å². The normalized spacial score (nSPS) is 10.8. The maximum absolute atomic E-state index is 12.7. The van der Waals surface area contributed by atoms with E-state index in [1.54, 1.807) is 43.8 Å². The molecule has 0 saturated heterocycles. The Kier molecular flexibility index (Phi) is 5.21. The molecule has 0 spiro atoms. The number of amides is 1. The van der Waals surface area contributed by atoms with E-state index < -0.39 is 0 Å². The van der Waals surface area contributed by atoms with E-state index in [0.29, 0.717) is 18.0 Å². The summed E-state index contributed by atoms with van der Waals surface area (Å²) in [6, 6.07) is 12.9. The molecule has 0 unspecified atom stereocenters. The highest BCUT2D eigenvalue weighted by Crippen LogP contribution is 2.25. The largest absolute Gasteiger partial charge is 0.497 e. The van der Waals surface area contributed by atoms with Crippen molar-refractivity contribution in [3.05, 3.63) is 58.5 Å². The van der Waals surface area contributed by atoms with E-state index in [9.17, 15) is 9.59 Å². The zero-order valence-corrected chi connectivity index (χ0v) is 15.9. The van der Waals surface area contributed by atoms with Gasteiger partial charge in [0.25, 0.3) is 0 Å². The van der Waals surface area contributed by atoms with Gasteiger partial charge in [0.05, 0.1) is 25.3 Å². The quantitative estimate of drug-likeness (QED) is 0.667. The van der Waals surface area contributed by atoms with Crippen LogP contribution >= 0.6 is 0 Å². The maximum Gasteiger partial charge on any atom is 0.329 e. The van der Waals surface area contributed by atoms with Gasteiger partial charge in [-0.3, -0.25) is 13.9 Å². The zero-order valence-electron chi connectivity index (χ0n) is 15.9. The van der Waals surface area contributed by atoms with Crippen molar-refractivity contribution in [2.75, 3.05) is 21.3 Å². The van der Waals surface area contributed by atoms with Gasteiger partial charge < -0.3 is 14.4 Å². The van der Waals surface area contributed by atoms with Crippen molar-refractivity contribution < 1.29 is 14.3 Å². The Morgan fingerprint density at radius 3 is 2.44 bits per heavy atom. The molecule has 0 atom stereocenters. The van der Waals surface area contributed by atoms with Crippen LogP contribution in [0.3, 0.4) is 0 Å². The molecule has 0 aliphatic heterocycles. The minimum atomic E-state index is -0.208. The zero-order chi connectivity index (χ0) is 19.6. The van der Waals surface area contributed by atoms with E-state index in [2.05, 4.69) is 0 Å². The number of aromatic nitrogens is 2. The number of hydrogen-bond donors (Lipinski definition) is 0. The minimum absolute atomic E-state index is 0.0187. The first-order valence-electron chi connectivity index (χ1n) is 8.55. The number of aryl methyl sites for hydroxylation is 1. The number of methoxy groups -OCH3 is 2. The molecule has 3 rings (SSSR count). The highest BCUT2D eigenvalue weighted by molar-refractivity contribution is 5.80. The third-order valence-corrected chi connectivity index (χ3v) is 4.67. The fourth-order valence-electron chi connectivity index (χ4n) is 3.10. The van der Waals surface area contributed by atoms with Gasteiger partial charge in [0, 0.05) is 32.3 Å². The molecular weight excluding hydrogens is 346 g/mol. The van der Waals surface area contributed by atoms with Crippen molar-refractivity contribution in [2.45, 2.75) is 13.1 Å². The fraction of sp³-hybridized carbons (Fsp3) is 0.300. The van der Waals surface area contributed by atoms with Gasteiger partial charge >= 0.3 is 5.69 Å². The van der Waals surface area contributed by atoms with E-state index in [0.717, 1.165) is 16.6 Å². The predicted molar refractivity (Wildman–Crippen MR) is 103 cm³/mol. The first kappa shape index (κ1) is 18.6. The summed E-state index contributed by atoms with van der Waals surface area (Å²) in [4.78, 5) is 26.8. The van der Waals surface area contributed by atoms with Crippen LogP contribution < -0.4 is 15.2 Å². The molecule has 7 heteroatoms. The van der Waals surface area contributed by atoms with E-state index in [1.807, 2.05) is 36.4 Å². The lowest BCUT2D eigenvalue weighted by Gasteiger charge is -2.19. The number of benzene rings is 2. The van der Waals surface area contributed by atoms with Crippen LogP contribution in [0, 0.1) is 0 Å². The Morgan fingerprint density at radius 1 is 1.07 bits per heavy atom. The molecule has 2 aromatic carbocycles. The van der Waals surface area contributed by atoms with Gasteiger partial charge in [-0.2, -0.15) is 0 Å². The molecule has 0 saturated carbocycles. The Labute approximate surface area is 157 Å². The SMILES string of the molecule is COc1ccc(CN(C)C(=O)Cn2c(=O)n(C)c3ccccc32)c(OC)c1. The molecule has 27 heavy (non-hydrogen) atoms. The van der Waals surface area contributed by atoms with Crippen LogP contribution in [0.15, 0.2) is 47.3 Å². The number of fused-ring (bicyclic) bond motifs is 1. The van der Waals surface area contributed by atoms with Crippen molar-refractivity contribution >= 4 is 16.9 Å². The Morgan fingerprint density at radius 2 is 1.78 bits per heavy atom. The summed E-state index contributed by atoms with van der Waals surface area (Å²) in [5, 5.41) is 0. The first-order chi connectivity index (χ1) is 13.0. The summed E-state index contributed by atoms with van der Waals surface area (Å²) >= 11 is 0. The topological polar surface area (TPSA) is 65.7 Å². The average Bonchev–Trinajstić information content (AvgIpc) is 2.93. The molecule has 1 heterocycles. The molecule has 0 fully saturated rings. The standard InChI is InChI=1S/C20H23N3O4/c1-21(12-14-9-10-15(26-3)11-18(14)27-4)19(24)13-23-17-8-6-5-7-16(17)22(2)20(23)25/h5-11H,12-13H2,1-4H3.